The molecule has 0 aromatic heterocycles. The first-order valence-corrected chi connectivity index (χ1v) is 11.0. The maximum Gasteiger partial charge on any atom is 0.227 e. The standard InChI is InChI=1S/C25H34N2O3/c1-3-24(21-9-5-4-6-10-21)25(28)26-19-20-8-7-11-23(18-20)30-17-14-27(2)22-12-15-29-16-13-22/h4-11,18,22,24H,3,12-17,19H2,1-2H3,(H,26,28). The molecule has 0 bridgehead atoms. The van der Waals surface area contributed by atoms with E-state index in [0.29, 0.717) is 19.2 Å². The van der Waals surface area contributed by atoms with Crippen molar-refractivity contribution in [2.24, 2.45) is 0 Å². The Morgan fingerprint density at radius 2 is 1.93 bits per heavy atom. The summed E-state index contributed by atoms with van der Waals surface area (Å²) in [6.45, 7) is 5.79. The van der Waals surface area contributed by atoms with Crippen LogP contribution < -0.4 is 10.1 Å². The Morgan fingerprint density at radius 3 is 2.67 bits per heavy atom. The summed E-state index contributed by atoms with van der Waals surface area (Å²) in [5.74, 6) is 0.789. The van der Waals surface area contributed by atoms with Crippen molar-refractivity contribution in [2.45, 2.75) is 44.7 Å². The minimum atomic E-state index is -0.119. The number of benzene rings is 2. The van der Waals surface area contributed by atoms with Gasteiger partial charge in [0.2, 0.25) is 5.91 Å². The van der Waals surface area contributed by atoms with Crippen molar-refractivity contribution < 1.29 is 14.3 Å². The summed E-state index contributed by atoms with van der Waals surface area (Å²) in [6.07, 6.45) is 2.96. The van der Waals surface area contributed by atoms with Crippen LogP contribution in [0.3, 0.4) is 0 Å². The number of nitrogens with zero attached hydrogens (tertiary/aromatic N) is 1. The van der Waals surface area contributed by atoms with Crippen LogP contribution in [0.15, 0.2) is 54.6 Å². The van der Waals surface area contributed by atoms with Gasteiger partial charge in [0.1, 0.15) is 12.4 Å². The summed E-state index contributed by atoms with van der Waals surface area (Å²) in [4.78, 5) is 15.0. The van der Waals surface area contributed by atoms with Crippen LogP contribution in [0.5, 0.6) is 5.75 Å². The van der Waals surface area contributed by atoms with Crippen LogP contribution in [0.25, 0.3) is 0 Å². The minimum Gasteiger partial charge on any atom is -0.492 e. The lowest BCUT2D eigenvalue weighted by molar-refractivity contribution is -0.122. The van der Waals surface area contributed by atoms with Crippen LogP contribution in [0.2, 0.25) is 0 Å². The number of nitrogens with one attached hydrogen (secondary N) is 1. The summed E-state index contributed by atoms with van der Waals surface area (Å²) in [5, 5.41) is 3.08. The SMILES string of the molecule is CCC(C(=O)NCc1cccc(OCCN(C)C2CCOCC2)c1)c1ccccc1. The summed E-state index contributed by atoms with van der Waals surface area (Å²) < 4.78 is 11.4. The highest BCUT2D eigenvalue weighted by Crippen LogP contribution is 2.20. The summed E-state index contributed by atoms with van der Waals surface area (Å²) >= 11 is 0. The Hall–Kier alpha value is -2.37. The molecule has 5 nitrogen and oxygen atoms in total. The van der Waals surface area contributed by atoms with Crippen LogP contribution in [-0.2, 0) is 16.1 Å². The van der Waals surface area contributed by atoms with Crippen molar-refractivity contribution in [3.63, 3.8) is 0 Å². The van der Waals surface area contributed by atoms with Gasteiger partial charge >= 0.3 is 0 Å². The van der Waals surface area contributed by atoms with E-state index < -0.39 is 0 Å². The molecule has 1 amide bonds. The lowest BCUT2D eigenvalue weighted by Crippen LogP contribution is -2.38. The van der Waals surface area contributed by atoms with Gasteiger partial charge in [0.25, 0.3) is 0 Å². The topological polar surface area (TPSA) is 50.8 Å². The molecule has 0 aliphatic carbocycles. The molecule has 1 aliphatic heterocycles. The number of ether oxygens (including phenoxy) is 2. The molecule has 0 spiro atoms. The van der Waals surface area contributed by atoms with Crippen molar-refractivity contribution in [3.8, 4) is 5.75 Å². The third-order valence-electron chi connectivity index (χ3n) is 5.82. The Morgan fingerprint density at radius 1 is 1.17 bits per heavy atom. The van der Waals surface area contributed by atoms with Gasteiger partial charge in [-0.2, -0.15) is 0 Å². The van der Waals surface area contributed by atoms with E-state index in [1.165, 1.54) is 0 Å². The number of amides is 1. The van der Waals surface area contributed by atoms with E-state index in [2.05, 4.69) is 17.3 Å². The fraction of sp³-hybridized carbons (Fsp3) is 0.480. The number of rotatable bonds is 10. The molecule has 30 heavy (non-hydrogen) atoms. The smallest absolute Gasteiger partial charge is 0.227 e. The molecular weight excluding hydrogens is 376 g/mol. The summed E-state index contributed by atoms with van der Waals surface area (Å²) in [5.41, 5.74) is 2.10. The quantitative estimate of drug-likeness (QED) is 0.644. The molecule has 5 heteroatoms. The third-order valence-corrected chi connectivity index (χ3v) is 5.82. The molecular formula is C25H34N2O3. The fourth-order valence-corrected chi connectivity index (χ4v) is 3.93. The molecule has 1 fully saturated rings. The van der Waals surface area contributed by atoms with Gasteiger partial charge < -0.3 is 14.8 Å². The zero-order valence-electron chi connectivity index (χ0n) is 18.2. The largest absolute Gasteiger partial charge is 0.492 e. The number of likely N-dealkylation sites (N-methyl/N-ethyl adjacent to an activating group) is 1. The number of carbonyl (C=O) groups is 1. The van der Waals surface area contributed by atoms with E-state index in [1.807, 2.05) is 61.5 Å². The Labute approximate surface area is 180 Å². The Kier molecular flexibility index (Phi) is 8.72. The van der Waals surface area contributed by atoms with Gasteiger partial charge in [0, 0.05) is 32.3 Å². The van der Waals surface area contributed by atoms with Gasteiger partial charge in [-0.1, -0.05) is 49.4 Å². The van der Waals surface area contributed by atoms with Gasteiger partial charge in [0.05, 0.1) is 5.92 Å². The normalized spacial score (nSPS) is 15.7. The first-order chi connectivity index (χ1) is 14.7. The number of carbonyl (C=O) groups excluding carboxylic acids is 1. The molecule has 1 aliphatic rings. The molecule has 162 valence electrons. The second-order valence-electron chi connectivity index (χ2n) is 7.91. The highest BCUT2D eigenvalue weighted by molar-refractivity contribution is 5.83. The van der Waals surface area contributed by atoms with Crippen molar-refractivity contribution in [1.82, 2.24) is 10.2 Å². The van der Waals surface area contributed by atoms with Crippen molar-refractivity contribution in [3.05, 3.63) is 65.7 Å². The molecule has 1 heterocycles. The molecule has 0 saturated carbocycles. The van der Waals surface area contributed by atoms with Crippen LogP contribution in [0, 0.1) is 0 Å². The molecule has 1 saturated heterocycles. The lowest BCUT2D eigenvalue weighted by atomic mass is 9.95. The number of hydrogen-bond acceptors (Lipinski definition) is 4. The maximum atomic E-state index is 12.7. The van der Waals surface area contributed by atoms with E-state index >= 15 is 0 Å². The van der Waals surface area contributed by atoms with Gasteiger partial charge in [-0.05, 0) is 49.6 Å². The maximum absolute atomic E-state index is 12.7. The molecule has 1 atom stereocenters. The van der Waals surface area contributed by atoms with Gasteiger partial charge in [-0.25, -0.2) is 0 Å². The average molecular weight is 411 g/mol. The molecule has 2 aromatic carbocycles. The molecule has 3 rings (SSSR count). The van der Waals surface area contributed by atoms with E-state index in [-0.39, 0.29) is 11.8 Å². The minimum absolute atomic E-state index is 0.0631. The predicted molar refractivity (Wildman–Crippen MR) is 120 cm³/mol. The zero-order valence-corrected chi connectivity index (χ0v) is 18.2. The molecule has 0 radical (unpaired) electrons. The average Bonchev–Trinajstić information content (AvgIpc) is 2.80. The molecule has 2 aromatic rings. The van der Waals surface area contributed by atoms with Crippen LogP contribution in [0.4, 0.5) is 0 Å². The van der Waals surface area contributed by atoms with Crippen molar-refractivity contribution in [2.75, 3.05) is 33.4 Å². The predicted octanol–water partition coefficient (Wildman–Crippen LogP) is 3.99. The third kappa shape index (κ3) is 6.57. The van der Waals surface area contributed by atoms with Crippen LogP contribution in [-0.4, -0.2) is 50.3 Å². The Bertz CT molecular complexity index is 775. The van der Waals surface area contributed by atoms with E-state index in [0.717, 1.165) is 55.9 Å². The summed E-state index contributed by atoms with van der Waals surface area (Å²) in [7, 11) is 2.15. The zero-order chi connectivity index (χ0) is 21.2. The second-order valence-corrected chi connectivity index (χ2v) is 7.91. The first kappa shape index (κ1) is 22.3. The second kappa shape index (κ2) is 11.7. The fourth-order valence-electron chi connectivity index (χ4n) is 3.93. The van der Waals surface area contributed by atoms with Gasteiger partial charge in [-0.15, -0.1) is 0 Å². The Balaban J connectivity index is 1.46. The number of hydrogen-bond donors (Lipinski definition) is 1. The van der Waals surface area contributed by atoms with E-state index in [1.54, 1.807) is 0 Å². The molecule has 1 N–H and O–H groups in total. The summed E-state index contributed by atoms with van der Waals surface area (Å²) in [6, 6.07) is 18.5. The van der Waals surface area contributed by atoms with Gasteiger partial charge in [0.15, 0.2) is 0 Å². The first-order valence-electron chi connectivity index (χ1n) is 11.0. The van der Waals surface area contributed by atoms with E-state index in [4.69, 9.17) is 9.47 Å². The highest BCUT2D eigenvalue weighted by Gasteiger charge is 2.19. The van der Waals surface area contributed by atoms with Gasteiger partial charge in [-0.3, -0.25) is 9.69 Å². The lowest BCUT2D eigenvalue weighted by Gasteiger charge is -2.31. The van der Waals surface area contributed by atoms with Crippen LogP contribution >= 0.6 is 0 Å². The van der Waals surface area contributed by atoms with E-state index in [9.17, 15) is 4.79 Å². The van der Waals surface area contributed by atoms with Crippen molar-refractivity contribution >= 4 is 5.91 Å². The van der Waals surface area contributed by atoms with Crippen molar-refractivity contribution in [1.29, 1.82) is 0 Å². The monoisotopic (exact) mass is 410 g/mol. The van der Waals surface area contributed by atoms with Crippen LogP contribution in [0.1, 0.15) is 43.2 Å². The highest BCUT2D eigenvalue weighted by atomic mass is 16.5. The molecule has 1 unspecified atom stereocenters.